The number of nitrogens with zero attached hydrogens (tertiary/aromatic N) is 5. The fraction of sp³-hybridized carbons (Fsp3) is 0.368. The van der Waals surface area contributed by atoms with E-state index in [0.29, 0.717) is 16.9 Å². The van der Waals surface area contributed by atoms with E-state index in [0.717, 1.165) is 26.2 Å². The Kier molecular flexibility index (Phi) is 6.43. The molecule has 1 aliphatic heterocycles. The summed E-state index contributed by atoms with van der Waals surface area (Å²) in [6.45, 7) is 3.94. The van der Waals surface area contributed by atoms with Crippen molar-refractivity contribution in [2.75, 3.05) is 25.0 Å². The van der Waals surface area contributed by atoms with Crippen molar-refractivity contribution in [2.24, 2.45) is 0 Å². The fourth-order valence-electron chi connectivity index (χ4n) is 3.42. The number of para-hydroxylation sites is 1. The van der Waals surface area contributed by atoms with Crippen molar-refractivity contribution in [3.05, 3.63) is 42.4 Å². The smallest absolute Gasteiger partial charge is 0.260 e. The summed E-state index contributed by atoms with van der Waals surface area (Å²) in [5.74, 6) is -0.107. The van der Waals surface area contributed by atoms with Crippen LogP contribution in [0.1, 0.15) is 29.6 Å². The quantitative estimate of drug-likeness (QED) is 0.681. The van der Waals surface area contributed by atoms with Gasteiger partial charge >= 0.3 is 0 Å². The van der Waals surface area contributed by atoms with Crippen molar-refractivity contribution in [1.82, 2.24) is 24.6 Å². The van der Waals surface area contributed by atoms with Crippen LogP contribution in [0.15, 0.2) is 36.8 Å². The average Bonchev–Trinajstić information content (AvgIpc) is 3.12. The number of anilines is 1. The number of likely N-dealkylation sites (tertiary alicyclic amines) is 1. The van der Waals surface area contributed by atoms with Crippen LogP contribution in [0.2, 0.25) is 0 Å². The van der Waals surface area contributed by atoms with Crippen molar-refractivity contribution in [1.29, 1.82) is 0 Å². The zero-order chi connectivity index (χ0) is 18.6. The first-order chi connectivity index (χ1) is 13.2. The summed E-state index contributed by atoms with van der Waals surface area (Å²) in [5.41, 5.74) is 0.886. The van der Waals surface area contributed by atoms with Crippen molar-refractivity contribution in [2.45, 2.75) is 25.8 Å². The topological polar surface area (TPSA) is 96.2 Å². The number of rotatable bonds is 5. The molecular formula is C19H23ClN6O2. The Balaban J connectivity index is 0.00000225. The molecule has 2 aromatic heterocycles. The number of carbonyl (C=O) groups is 1. The minimum atomic E-state index is -0.422. The number of halogens is 1. The van der Waals surface area contributed by atoms with Gasteiger partial charge in [-0.05, 0) is 38.1 Å². The van der Waals surface area contributed by atoms with Gasteiger partial charge in [0.05, 0.1) is 23.7 Å². The number of hydrogen-bond donors (Lipinski definition) is 2. The Morgan fingerprint density at radius 2 is 1.89 bits per heavy atom. The molecule has 0 radical (unpaired) electrons. The number of carbonyl (C=O) groups excluding carboxylic acids is 1. The third kappa shape index (κ3) is 4.23. The summed E-state index contributed by atoms with van der Waals surface area (Å²) in [6, 6.07) is 6.40. The average molecular weight is 403 g/mol. The summed E-state index contributed by atoms with van der Waals surface area (Å²) in [6.07, 6.45) is 6.91. The van der Waals surface area contributed by atoms with Crippen LogP contribution < -0.4 is 5.32 Å². The van der Waals surface area contributed by atoms with Crippen molar-refractivity contribution in [3.63, 3.8) is 0 Å². The maximum absolute atomic E-state index is 12.5. The van der Waals surface area contributed by atoms with Gasteiger partial charge in [0.15, 0.2) is 5.65 Å². The lowest BCUT2D eigenvalue weighted by Gasteiger charge is -2.26. The number of phenolic OH excluding ortho intramolecular Hbond substituents is 1. The number of piperidine rings is 1. The van der Waals surface area contributed by atoms with Crippen LogP contribution in [0.5, 0.6) is 5.75 Å². The summed E-state index contributed by atoms with van der Waals surface area (Å²) in [4.78, 5) is 23.4. The van der Waals surface area contributed by atoms with Crippen LogP contribution >= 0.6 is 12.4 Å². The van der Waals surface area contributed by atoms with Gasteiger partial charge in [-0.15, -0.1) is 12.4 Å². The maximum Gasteiger partial charge on any atom is 0.260 e. The number of aromatic hydroxyl groups is 1. The second-order valence-electron chi connectivity index (χ2n) is 6.70. The molecule has 0 bridgehead atoms. The molecule has 148 valence electrons. The van der Waals surface area contributed by atoms with Crippen LogP contribution in [0.25, 0.3) is 11.0 Å². The Labute approximate surface area is 169 Å². The molecule has 1 fully saturated rings. The molecule has 0 saturated carbocycles. The molecule has 28 heavy (non-hydrogen) atoms. The molecule has 4 rings (SSSR count). The van der Waals surface area contributed by atoms with E-state index in [1.54, 1.807) is 24.4 Å². The largest absolute Gasteiger partial charge is 0.507 e. The van der Waals surface area contributed by atoms with Gasteiger partial charge in [-0.3, -0.25) is 4.79 Å². The monoisotopic (exact) mass is 402 g/mol. The van der Waals surface area contributed by atoms with E-state index >= 15 is 0 Å². The van der Waals surface area contributed by atoms with Crippen LogP contribution in [0, 0.1) is 0 Å². The van der Waals surface area contributed by atoms with Gasteiger partial charge in [-0.1, -0.05) is 18.6 Å². The van der Waals surface area contributed by atoms with Crippen LogP contribution in [0.4, 0.5) is 5.82 Å². The highest BCUT2D eigenvalue weighted by atomic mass is 35.5. The van der Waals surface area contributed by atoms with Crippen LogP contribution in [0.3, 0.4) is 0 Å². The maximum atomic E-state index is 12.5. The Hall–Kier alpha value is -2.71. The first kappa shape index (κ1) is 20.0. The lowest BCUT2D eigenvalue weighted by atomic mass is 10.1. The first-order valence-corrected chi connectivity index (χ1v) is 9.20. The van der Waals surface area contributed by atoms with Gasteiger partial charge in [-0.25, -0.2) is 14.6 Å². The fourth-order valence-corrected chi connectivity index (χ4v) is 3.42. The minimum Gasteiger partial charge on any atom is -0.507 e. The van der Waals surface area contributed by atoms with Gasteiger partial charge in [0.25, 0.3) is 5.91 Å². The van der Waals surface area contributed by atoms with Crippen molar-refractivity contribution >= 4 is 35.2 Å². The summed E-state index contributed by atoms with van der Waals surface area (Å²) in [5, 5.41) is 17.7. The molecule has 9 heteroatoms. The third-order valence-corrected chi connectivity index (χ3v) is 4.89. The lowest BCUT2D eigenvalue weighted by molar-refractivity contribution is 0.102. The summed E-state index contributed by atoms with van der Waals surface area (Å²) >= 11 is 0. The molecule has 8 nitrogen and oxygen atoms in total. The van der Waals surface area contributed by atoms with Crippen LogP contribution in [-0.2, 0) is 6.54 Å². The standard InChI is InChI=1S/C19H22N6O2.ClH/c26-16-7-3-2-6-14(16)19(27)23-17-15-12-22-25(18(15)21-13-20-17)11-10-24-8-4-1-5-9-24;/h2-3,6-7,12-13,26H,1,4-5,8-11H2,(H,20,21,23,27);1H. The Bertz CT molecular complexity index is 955. The molecule has 2 N–H and O–H groups in total. The van der Waals surface area contributed by atoms with Gasteiger partial charge < -0.3 is 15.3 Å². The SMILES string of the molecule is Cl.O=C(Nc1ncnc2c1cnn2CCN1CCCCC1)c1ccccc1O. The molecule has 0 spiro atoms. The van der Waals surface area contributed by atoms with E-state index in [2.05, 4.69) is 25.3 Å². The van der Waals surface area contributed by atoms with Crippen LogP contribution in [-0.4, -0.2) is 55.3 Å². The number of nitrogens with one attached hydrogen (secondary N) is 1. The normalized spacial score (nSPS) is 14.6. The first-order valence-electron chi connectivity index (χ1n) is 9.20. The zero-order valence-corrected chi connectivity index (χ0v) is 16.2. The van der Waals surface area contributed by atoms with E-state index in [-0.39, 0.29) is 23.7 Å². The van der Waals surface area contributed by atoms with Gasteiger partial charge in [0, 0.05) is 6.54 Å². The van der Waals surface area contributed by atoms with E-state index in [1.807, 2.05) is 4.68 Å². The van der Waals surface area contributed by atoms with Crippen molar-refractivity contribution < 1.29 is 9.90 Å². The lowest BCUT2D eigenvalue weighted by Crippen LogP contribution is -2.32. The number of aromatic nitrogens is 4. The Morgan fingerprint density at radius 1 is 1.11 bits per heavy atom. The second kappa shape index (κ2) is 8.99. The van der Waals surface area contributed by atoms with E-state index in [1.165, 1.54) is 31.7 Å². The number of phenols is 1. The minimum absolute atomic E-state index is 0. The van der Waals surface area contributed by atoms with Crippen molar-refractivity contribution in [3.8, 4) is 5.75 Å². The number of benzene rings is 1. The highest BCUT2D eigenvalue weighted by molar-refractivity contribution is 6.08. The highest BCUT2D eigenvalue weighted by Gasteiger charge is 2.16. The van der Waals surface area contributed by atoms with E-state index in [4.69, 9.17) is 0 Å². The molecular weight excluding hydrogens is 380 g/mol. The number of hydrogen-bond acceptors (Lipinski definition) is 6. The predicted molar refractivity (Wildman–Crippen MR) is 109 cm³/mol. The van der Waals surface area contributed by atoms with Gasteiger partial charge in [0.1, 0.15) is 17.9 Å². The second-order valence-corrected chi connectivity index (χ2v) is 6.70. The molecule has 1 aliphatic rings. The predicted octanol–water partition coefficient (Wildman–Crippen LogP) is 2.69. The van der Waals surface area contributed by atoms with E-state index < -0.39 is 5.91 Å². The summed E-state index contributed by atoms with van der Waals surface area (Å²) < 4.78 is 1.85. The molecule has 3 heterocycles. The Morgan fingerprint density at radius 3 is 2.68 bits per heavy atom. The van der Waals surface area contributed by atoms with Gasteiger partial charge in [0.2, 0.25) is 0 Å². The number of fused-ring (bicyclic) bond motifs is 1. The van der Waals surface area contributed by atoms with Gasteiger partial charge in [-0.2, -0.15) is 5.10 Å². The molecule has 0 atom stereocenters. The third-order valence-electron chi connectivity index (χ3n) is 4.89. The molecule has 3 aromatic rings. The molecule has 1 aromatic carbocycles. The summed E-state index contributed by atoms with van der Waals surface area (Å²) in [7, 11) is 0. The highest BCUT2D eigenvalue weighted by Crippen LogP contribution is 2.22. The van der Waals surface area contributed by atoms with E-state index in [9.17, 15) is 9.90 Å². The molecule has 1 amide bonds. The number of amides is 1. The zero-order valence-electron chi connectivity index (χ0n) is 15.4. The molecule has 1 saturated heterocycles. The molecule has 0 aliphatic carbocycles. The molecule has 0 unspecified atom stereocenters.